The smallest absolute Gasteiger partial charge is 0.144 e. The highest BCUT2D eigenvalue weighted by Gasteiger charge is 2.15. The zero-order chi connectivity index (χ0) is 23.2. The number of hydrogen-bond acceptors (Lipinski definition) is 7. The van der Waals surface area contributed by atoms with Crippen LogP contribution in [0.25, 0.3) is 21.9 Å². The summed E-state index contributed by atoms with van der Waals surface area (Å²) < 4.78 is 0. The second-order valence-corrected chi connectivity index (χ2v) is 8.38. The van der Waals surface area contributed by atoms with Crippen molar-refractivity contribution in [1.82, 2.24) is 19.9 Å². The lowest BCUT2D eigenvalue weighted by atomic mass is 10.1. The average Bonchev–Trinajstić information content (AvgIpc) is 3.17. The highest BCUT2D eigenvalue weighted by atomic mass is 16.3. The minimum absolute atomic E-state index is 0.00119. The van der Waals surface area contributed by atoms with Crippen LogP contribution in [0, 0.1) is 0 Å². The average molecular weight is 450 g/mol. The van der Waals surface area contributed by atoms with E-state index in [1.54, 1.807) is 12.1 Å². The number of aromatic hydroxyl groups is 1. The molecule has 174 valence electrons. The summed E-state index contributed by atoms with van der Waals surface area (Å²) in [6.07, 6.45) is 2.26. The van der Waals surface area contributed by atoms with E-state index in [1.165, 1.54) is 0 Å². The maximum Gasteiger partial charge on any atom is 0.144 e. The van der Waals surface area contributed by atoms with Gasteiger partial charge in [-0.3, -0.25) is 0 Å². The van der Waals surface area contributed by atoms with Gasteiger partial charge < -0.3 is 30.5 Å². The second kappa shape index (κ2) is 10.6. The number of fused-ring (bicyclic) bond motifs is 3. The molecule has 0 saturated heterocycles. The van der Waals surface area contributed by atoms with E-state index in [1.807, 2.05) is 30.3 Å². The van der Waals surface area contributed by atoms with Gasteiger partial charge in [0.2, 0.25) is 0 Å². The Bertz CT molecular complexity index is 1220. The molecule has 4 aromatic rings. The van der Waals surface area contributed by atoms with Crippen molar-refractivity contribution in [2.45, 2.75) is 25.9 Å². The topological polar surface area (TPSA) is 118 Å². The number of nitrogens with one attached hydrogen (secondary N) is 2. The van der Waals surface area contributed by atoms with Gasteiger partial charge in [-0.05, 0) is 49.7 Å². The molecule has 0 atom stereocenters. The Morgan fingerprint density at radius 1 is 1.00 bits per heavy atom. The summed E-state index contributed by atoms with van der Waals surface area (Å²) in [6.45, 7) is 2.75. The molecule has 0 aliphatic carbocycles. The number of rotatable bonds is 11. The number of aliphatic hydroxyl groups excluding tert-OH is 2. The third-order valence-electron chi connectivity index (χ3n) is 5.72. The third kappa shape index (κ3) is 5.60. The quantitative estimate of drug-likeness (QED) is 0.223. The van der Waals surface area contributed by atoms with Gasteiger partial charge in [0.25, 0.3) is 0 Å². The largest absolute Gasteiger partial charge is 0.508 e. The Hall–Kier alpha value is -3.20. The van der Waals surface area contributed by atoms with Gasteiger partial charge in [0, 0.05) is 37.6 Å². The van der Waals surface area contributed by atoms with E-state index < -0.39 is 0 Å². The van der Waals surface area contributed by atoms with Crippen LogP contribution in [0.5, 0.6) is 5.75 Å². The molecule has 2 aromatic heterocycles. The molecule has 0 unspecified atom stereocenters. The van der Waals surface area contributed by atoms with Gasteiger partial charge in [-0.15, -0.1) is 0 Å². The summed E-state index contributed by atoms with van der Waals surface area (Å²) in [4.78, 5) is 15.1. The van der Waals surface area contributed by atoms with Crippen LogP contribution < -0.4 is 5.32 Å². The Balaban J connectivity index is 1.61. The minimum atomic E-state index is -0.00119. The van der Waals surface area contributed by atoms with E-state index in [-0.39, 0.29) is 19.0 Å². The van der Waals surface area contributed by atoms with Crippen LogP contribution >= 0.6 is 0 Å². The molecule has 0 aliphatic heterocycles. The van der Waals surface area contributed by atoms with Crippen LogP contribution in [0.1, 0.15) is 29.8 Å². The molecule has 0 fully saturated rings. The van der Waals surface area contributed by atoms with E-state index in [9.17, 15) is 10.2 Å². The van der Waals surface area contributed by atoms with Crippen molar-refractivity contribution >= 4 is 27.8 Å². The van der Waals surface area contributed by atoms with E-state index >= 15 is 0 Å². The zero-order valence-electron chi connectivity index (χ0n) is 18.9. The van der Waals surface area contributed by atoms with Crippen LogP contribution in [-0.4, -0.2) is 68.5 Å². The summed E-state index contributed by atoms with van der Waals surface area (Å²) in [5.74, 6) is 1.64. The molecule has 8 nitrogen and oxygen atoms in total. The highest BCUT2D eigenvalue weighted by Crippen LogP contribution is 2.31. The third-order valence-corrected chi connectivity index (χ3v) is 5.72. The monoisotopic (exact) mass is 449 g/mol. The SMILES string of the molecule is CN(CCCO)CCCNc1nc(Cc2cccc(CO)c2)nc2[nH]c3cc(O)ccc3c12. The summed E-state index contributed by atoms with van der Waals surface area (Å²) in [7, 11) is 2.06. The standard InChI is InChI=1S/C25H31N5O3/c1-30(11-4-12-31)10-3-9-26-24-23-20-8-7-19(33)15-21(20)27-25(23)29-22(28-24)14-17-5-2-6-18(13-17)16-32/h2,5-8,13,15,31-33H,3-4,9-12,14,16H2,1H3,(H2,26,27,28,29). The predicted molar refractivity (Wildman–Crippen MR) is 131 cm³/mol. The van der Waals surface area contributed by atoms with Gasteiger partial charge in [-0.25, -0.2) is 9.97 Å². The van der Waals surface area contributed by atoms with Crippen molar-refractivity contribution in [2.75, 3.05) is 38.6 Å². The Morgan fingerprint density at radius 3 is 2.64 bits per heavy atom. The number of aromatic nitrogens is 3. The van der Waals surface area contributed by atoms with Gasteiger partial charge >= 0.3 is 0 Å². The van der Waals surface area contributed by atoms with Crippen molar-refractivity contribution in [3.05, 3.63) is 59.4 Å². The maximum absolute atomic E-state index is 9.90. The molecule has 8 heteroatoms. The van der Waals surface area contributed by atoms with Crippen molar-refractivity contribution < 1.29 is 15.3 Å². The molecule has 0 radical (unpaired) electrons. The van der Waals surface area contributed by atoms with Gasteiger partial charge in [-0.2, -0.15) is 0 Å². The molecule has 0 bridgehead atoms. The van der Waals surface area contributed by atoms with Crippen LogP contribution in [-0.2, 0) is 13.0 Å². The van der Waals surface area contributed by atoms with Crippen LogP contribution in [0.15, 0.2) is 42.5 Å². The van der Waals surface area contributed by atoms with Gasteiger partial charge in [0.1, 0.15) is 23.0 Å². The summed E-state index contributed by atoms with van der Waals surface area (Å²) in [5, 5.41) is 33.7. The summed E-state index contributed by atoms with van der Waals surface area (Å²) in [5.41, 5.74) is 3.43. The Kier molecular flexibility index (Phi) is 7.39. The fraction of sp³-hybridized carbons (Fsp3) is 0.360. The van der Waals surface area contributed by atoms with E-state index in [0.29, 0.717) is 12.2 Å². The number of benzene rings is 2. The van der Waals surface area contributed by atoms with Crippen LogP contribution in [0.2, 0.25) is 0 Å². The van der Waals surface area contributed by atoms with Crippen LogP contribution in [0.3, 0.4) is 0 Å². The van der Waals surface area contributed by atoms with Crippen LogP contribution in [0.4, 0.5) is 5.82 Å². The summed E-state index contributed by atoms with van der Waals surface area (Å²) >= 11 is 0. The van der Waals surface area contributed by atoms with Gasteiger partial charge in [0.05, 0.1) is 17.5 Å². The number of phenols is 1. The van der Waals surface area contributed by atoms with Crippen molar-refractivity contribution in [2.24, 2.45) is 0 Å². The lowest BCUT2D eigenvalue weighted by Gasteiger charge is -2.16. The molecular formula is C25H31N5O3. The molecule has 0 spiro atoms. The number of H-pyrrole nitrogens is 1. The van der Waals surface area contributed by atoms with E-state index in [0.717, 1.165) is 71.4 Å². The molecule has 0 aliphatic rings. The molecule has 0 amide bonds. The second-order valence-electron chi connectivity index (χ2n) is 8.38. The number of nitrogens with zero attached hydrogens (tertiary/aromatic N) is 3. The molecule has 5 N–H and O–H groups in total. The normalized spacial score (nSPS) is 11.6. The van der Waals surface area contributed by atoms with Crippen molar-refractivity contribution in [3.8, 4) is 5.75 Å². The number of anilines is 1. The van der Waals surface area contributed by atoms with Crippen molar-refractivity contribution in [1.29, 1.82) is 0 Å². The first-order valence-corrected chi connectivity index (χ1v) is 11.3. The number of aliphatic hydroxyl groups is 2. The summed E-state index contributed by atoms with van der Waals surface area (Å²) in [6, 6.07) is 13.0. The number of aromatic amines is 1. The Labute approximate surface area is 192 Å². The first-order chi connectivity index (χ1) is 16.1. The molecule has 2 aromatic carbocycles. The van der Waals surface area contributed by atoms with E-state index in [4.69, 9.17) is 15.1 Å². The predicted octanol–water partition coefficient (Wildman–Crippen LogP) is 3.02. The fourth-order valence-corrected chi connectivity index (χ4v) is 4.07. The number of phenolic OH excluding ortho intramolecular Hbond substituents is 1. The Morgan fingerprint density at radius 2 is 1.82 bits per heavy atom. The number of hydrogen-bond donors (Lipinski definition) is 5. The first-order valence-electron chi connectivity index (χ1n) is 11.3. The minimum Gasteiger partial charge on any atom is -0.508 e. The first kappa shape index (κ1) is 23.0. The lowest BCUT2D eigenvalue weighted by molar-refractivity contribution is 0.247. The maximum atomic E-state index is 9.90. The fourth-order valence-electron chi connectivity index (χ4n) is 4.07. The molecule has 4 rings (SSSR count). The molecule has 2 heterocycles. The van der Waals surface area contributed by atoms with Crippen molar-refractivity contribution in [3.63, 3.8) is 0 Å². The molecular weight excluding hydrogens is 418 g/mol. The molecule has 0 saturated carbocycles. The van der Waals surface area contributed by atoms with E-state index in [2.05, 4.69) is 22.2 Å². The molecule has 33 heavy (non-hydrogen) atoms. The van der Waals surface area contributed by atoms with Gasteiger partial charge in [-0.1, -0.05) is 24.3 Å². The lowest BCUT2D eigenvalue weighted by Crippen LogP contribution is -2.23. The zero-order valence-corrected chi connectivity index (χ0v) is 18.9. The highest BCUT2D eigenvalue weighted by molar-refractivity contribution is 6.11. The van der Waals surface area contributed by atoms with Gasteiger partial charge in [0.15, 0.2) is 0 Å².